The van der Waals surface area contributed by atoms with E-state index in [2.05, 4.69) is 125 Å². The van der Waals surface area contributed by atoms with Crippen LogP contribution in [0, 0.1) is 0 Å². The van der Waals surface area contributed by atoms with E-state index < -0.39 is 0 Å². The van der Waals surface area contributed by atoms with Gasteiger partial charge in [-0.05, 0) is 0 Å². The maximum atomic E-state index is 2.27. The average molecular weight is 1330 g/mol. The fraction of sp³-hybridized carbons (Fsp3) is 1.00. The first-order chi connectivity index (χ1) is 44.2. The van der Waals surface area contributed by atoms with E-state index in [-0.39, 0.29) is 59.1 Å². The van der Waals surface area contributed by atoms with E-state index >= 15 is 0 Å². The Morgan fingerprint density at radius 3 is 0.130 bits per heavy atom. The zero-order chi connectivity index (χ0) is 68.9. The van der Waals surface area contributed by atoms with Crippen molar-refractivity contribution < 1.29 is 59.1 Å². The molecule has 0 N–H and O–H groups in total. The third-order valence-corrected chi connectivity index (χ3v) is 17.6. The van der Waals surface area contributed by atoms with Gasteiger partial charge in [-0.25, -0.2) is 0 Å². The second-order valence-corrected chi connectivity index (χ2v) is 28.1. The van der Waals surface area contributed by atoms with Gasteiger partial charge in [0.25, 0.3) is 0 Å². The van der Waals surface area contributed by atoms with E-state index in [0.29, 0.717) is 0 Å². The SMILES string of the molecule is CCCCCCCCCC.CCCCCCCCCC.CCCCCCCCCC.CCCCCCCCCC.CCCCCCCCCC.CCCCCCCCCC.CCCCCCCCCC.CCCCCCCCCC.CCCCCCCCCC.[Na+].[Na+]. The van der Waals surface area contributed by atoms with Crippen molar-refractivity contribution in [3.05, 3.63) is 0 Å². The standard InChI is InChI=1S/9C10H22.2Na/c9*1-3-5-7-9-10-8-6-4-2;;/h9*3-10H2,1-2H3;;/q;;;;;;;;;2*+1. The van der Waals surface area contributed by atoms with Crippen molar-refractivity contribution in [1.82, 2.24) is 0 Å². The van der Waals surface area contributed by atoms with Gasteiger partial charge < -0.3 is 0 Å². The first-order valence-corrected chi connectivity index (χ1v) is 44.2. The van der Waals surface area contributed by atoms with Gasteiger partial charge in [-0.3, -0.25) is 0 Å². The van der Waals surface area contributed by atoms with Gasteiger partial charge in [0.2, 0.25) is 0 Å². The van der Waals surface area contributed by atoms with Crippen molar-refractivity contribution >= 4 is 0 Å². The van der Waals surface area contributed by atoms with Crippen LogP contribution in [0.2, 0.25) is 0 Å². The van der Waals surface area contributed by atoms with Crippen molar-refractivity contribution in [2.24, 2.45) is 0 Å². The minimum absolute atomic E-state index is 0. The average Bonchev–Trinajstić information content (AvgIpc) is 3.56. The molecule has 92 heavy (non-hydrogen) atoms. The third kappa shape index (κ3) is 180. The third-order valence-electron chi connectivity index (χ3n) is 17.6. The second kappa shape index (κ2) is 144. The predicted octanol–water partition coefficient (Wildman–Crippen LogP) is 31.3. The van der Waals surface area contributed by atoms with Gasteiger partial charge in [0.15, 0.2) is 0 Å². The zero-order valence-electron chi connectivity index (χ0n) is 70.9. The molecular weight excluding hydrogens is 1130 g/mol. The fourth-order valence-corrected chi connectivity index (χ4v) is 10.9. The van der Waals surface area contributed by atoms with E-state index in [9.17, 15) is 0 Å². The topological polar surface area (TPSA) is 0 Å². The van der Waals surface area contributed by atoms with E-state index in [4.69, 9.17) is 0 Å². The van der Waals surface area contributed by atoms with Crippen LogP contribution in [0.15, 0.2) is 0 Å². The van der Waals surface area contributed by atoms with Crippen LogP contribution in [-0.4, -0.2) is 0 Å². The smallest absolute Gasteiger partial charge is 0.0654 e. The fourth-order valence-electron chi connectivity index (χ4n) is 10.9. The van der Waals surface area contributed by atoms with Crippen LogP contribution < -0.4 is 59.1 Å². The summed E-state index contributed by atoms with van der Waals surface area (Å²) in [5.74, 6) is 0. The van der Waals surface area contributed by atoms with Crippen LogP contribution in [0.25, 0.3) is 0 Å². The van der Waals surface area contributed by atoms with Crippen LogP contribution in [0.1, 0.15) is 587 Å². The Kier molecular flexibility index (Phi) is 184. The maximum absolute atomic E-state index is 2.27. The molecule has 0 saturated heterocycles. The van der Waals surface area contributed by atoms with Gasteiger partial charge >= 0.3 is 59.1 Å². The molecule has 0 atom stereocenters. The van der Waals surface area contributed by atoms with Crippen LogP contribution >= 0.6 is 0 Å². The summed E-state index contributed by atoms with van der Waals surface area (Å²) in [7, 11) is 0. The molecule has 0 bridgehead atoms. The molecule has 0 rings (SSSR count). The molecule has 0 aliphatic rings. The Morgan fingerprint density at radius 1 is 0.0652 bits per heavy atom. The molecule has 0 aromatic carbocycles. The van der Waals surface area contributed by atoms with Crippen molar-refractivity contribution in [2.75, 3.05) is 0 Å². The Hall–Kier alpha value is 2.00. The molecule has 0 saturated carbocycles. The molecule has 0 amide bonds. The summed E-state index contributed by atoms with van der Waals surface area (Å²) >= 11 is 0. The zero-order valence-corrected chi connectivity index (χ0v) is 74.9. The quantitative estimate of drug-likeness (QED) is 0.0421. The van der Waals surface area contributed by atoms with Crippen molar-refractivity contribution in [1.29, 1.82) is 0 Å². The van der Waals surface area contributed by atoms with Crippen LogP contribution in [0.3, 0.4) is 0 Å². The monoisotopic (exact) mass is 1330 g/mol. The van der Waals surface area contributed by atoms with Crippen molar-refractivity contribution in [3.63, 3.8) is 0 Å². The Labute approximate surface area is 640 Å². The van der Waals surface area contributed by atoms with Gasteiger partial charge in [0.05, 0.1) is 0 Å². The van der Waals surface area contributed by atoms with E-state index in [1.165, 1.54) is 462 Å². The molecule has 0 aromatic rings. The summed E-state index contributed by atoms with van der Waals surface area (Å²) in [6.45, 7) is 40.9. The Morgan fingerprint density at radius 2 is 0.0978 bits per heavy atom. The van der Waals surface area contributed by atoms with Gasteiger partial charge in [-0.15, -0.1) is 0 Å². The molecule has 0 unspecified atom stereocenters. The summed E-state index contributed by atoms with van der Waals surface area (Å²) in [6, 6.07) is 0. The molecule has 2 heteroatoms. The Bertz CT molecular complexity index is 602. The molecule has 0 heterocycles. The summed E-state index contributed by atoms with van der Waals surface area (Å²) in [4.78, 5) is 0. The molecule has 0 radical (unpaired) electrons. The first-order valence-electron chi connectivity index (χ1n) is 44.2. The molecule has 0 aliphatic carbocycles. The van der Waals surface area contributed by atoms with Crippen molar-refractivity contribution in [3.8, 4) is 0 Å². The first kappa shape index (κ1) is 118. The van der Waals surface area contributed by atoms with Crippen LogP contribution in [0.5, 0.6) is 0 Å². The number of hydrogen-bond donors (Lipinski definition) is 0. The molecular formula is C90H198Na2+2. The molecule has 558 valence electrons. The van der Waals surface area contributed by atoms with Gasteiger partial charge in [0, 0.05) is 0 Å². The number of unbranched alkanes of at least 4 members (excludes halogenated alkanes) is 63. The van der Waals surface area contributed by atoms with Crippen LogP contribution in [0.4, 0.5) is 0 Å². The molecule has 0 spiro atoms. The second-order valence-electron chi connectivity index (χ2n) is 28.1. The summed E-state index contributed by atoms with van der Waals surface area (Å²) < 4.78 is 0. The summed E-state index contributed by atoms with van der Waals surface area (Å²) in [5.41, 5.74) is 0. The van der Waals surface area contributed by atoms with E-state index in [1.807, 2.05) is 0 Å². The van der Waals surface area contributed by atoms with Gasteiger partial charge in [-0.1, -0.05) is 587 Å². The molecule has 0 nitrogen and oxygen atoms in total. The molecule has 0 fully saturated rings. The summed E-state index contributed by atoms with van der Waals surface area (Å²) in [6.07, 6.45) is 103. The molecule has 0 aromatic heterocycles. The Balaban J connectivity index is -0.0000000889. The molecule has 0 aliphatic heterocycles. The predicted molar refractivity (Wildman–Crippen MR) is 435 cm³/mol. The minimum Gasteiger partial charge on any atom is -0.0654 e. The number of rotatable bonds is 63. The maximum Gasteiger partial charge on any atom is 1.00 e. The summed E-state index contributed by atoms with van der Waals surface area (Å²) in [5, 5.41) is 0. The largest absolute Gasteiger partial charge is 1.00 e. The normalized spacial score (nSPS) is 9.98. The van der Waals surface area contributed by atoms with E-state index in [0.717, 1.165) is 0 Å². The van der Waals surface area contributed by atoms with Gasteiger partial charge in [0.1, 0.15) is 0 Å². The van der Waals surface area contributed by atoms with Crippen molar-refractivity contribution in [2.45, 2.75) is 587 Å². The van der Waals surface area contributed by atoms with Gasteiger partial charge in [-0.2, -0.15) is 0 Å². The minimum atomic E-state index is 0. The van der Waals surface area contributed by atoms with E-state index in [1.54, 1.807) is 0 Å². The van der Waals surface area contributed by atoms with Crippen LogP contribution in [-0.2, 0) is 0 Å². The number of hydrogen-bond acceptors (Lipinski definition) is 0.